The van der Waals surface area contributed by atoms with Crippen molar-refractivity contribution < 1.29 is 9.84 Å². The maximum atomic E-state index is 12.7. The topological polar surface area (TPSA) is 96.3 Å². The van der Waals surface area contributed by atoms with Crippen molar-refractivity contribution in [1.82, 2.24) is 19.7 Å². The summed E-state index contributed by atoms with van der Waals surface area (Å²) in [6.45, 7) is 0.900. The first-order valence-corrected chi connectivity index (χ1v) is 9.79. The summed E-state index contributed by atoms with van der Waals surface area (Å²) in [5.74, 6) is 0.361. The summed E-state index contributed by atoms with van der Waals surface area (Å²) in [5.41, 5.74) is 1.30. The van der Waals surface area contributed by atoms with E-state index in [2.05, 4.69) is 15.1 Å². The van der Waals surface area contributed by atoms with Gasteiger partial charge >= 0.3 is 0 Å². The number of nitrogens with zero attached hydrogens (tertiary/aromatic N) is 4. The standard InChI is InChI=1S/C16H16Cl2IN5O3/c1-23(9-2-3-10(17)11(18)8-9)16-20-12-13(15(26)21-16)24(22-14(12)19)4-6-27-7-5-25/h2-3,8,25H,4-7H2,1H3,(H,20,21,26). The van der Waals surface area contributed by atoms with E-state index in [1.165, 1.54) is 0 Å². The van der Waals surface area contributed by atoms with Crippen LogP contribution in [0.3, 0.4) is 0 Å². The van der Waals surface area contributed by atoms with Gasteiger partial charge in [-0.15, -0.1) is 0 Å². The van der Waals surface area contributed by atoms with Crippen molar-refractivity contribution in [2.24, 2.45) is 0 Å². The molecule has 0 saturated heterocycles. The Morgan fingerprint density at radius 3 is 2.81 bits per heavy atom. The lowest BCUT2D eigenvalue weighted by Crippen LogP contribution is -2.21. The van der Waals surface area contributed by atoms with Crippen LogP contribution in [0.1, 0.15) is 0 Å². The lowest BCUT2D eigenvalue weighted by molar-refractivity contribution is 0.0859. The van der Waals surface area contributed by atoms with Crippen LogP contribution in [0.25, 0.3) is 11.0 Å². The average Bonchev–Trinajstić information content (AvgIpc) is 2.97. The number of H-pyrrole nitrogens is 1. The van der Waals surface area contributed by atoms with Crippen molar-refractivity contribution in [2.45, 2.75) is 6.54 Å². The predicted octanol–water partition coefficient (Wildman–Crippen LogP) is 2.81. The highest BCUT2D eigenvalue weighted by atomic mass is 127. The molecule has 2 N–H and O–H groups in total. The van der Waals surface area contributed by atoms with E-state index < -0.39 is 0 Å². The van der Waals surface area contributed by atoms with Crippen molar-refractivity contribution in [3.8, 4) is 0 Å². The van der Waals surface area contributed by atoms with Crippen LogP contribution in [0, 0.1) is 3.70 Å². The number of aliphatic hydroxyl groups excluding tert-OH is 1. The molecule has 1 aromatic carbocycles. The summed E-state index contributed by atoms with van der Waals surface area (Å²) in [6.07, 6.45) is 0. The molecule has 2 heterocycles. The van der Waals surface area contributed by atoms with Crippen LogP contribution < -0.4 is 10.5 Å². The molecule has 0 aliphatic heterocycles. The van der Waals surface area contributed by atoms with Gasteiger partial charge in [-0.05, 0) is 40.8 Å². The lowest BCUT2D eigenvalue weighted by atomic mass is 10.3. The number of rotatable bonds is 7. The third-order valence-electron chi connectivity index (χ3n) is 3.84. The molecular formula is C16H16Cl2IN5O3. The Balaban J connectivity index is 1.95. The second-order valence-electron chi connectivity index (χ2n) is 5.59. The molecule has 0 atom stereocenters. The zero-order chi connectivity index (χ0) is 19.6. The quantitative estimate of drug-likeness (QED) is 0.365. The van der Waals surface area contributed by atoms with Gasteiger partial charge in [-0.3, -0.25) is 14.5 Å². The van der Waals surface area contributed by atoms with Gasteiger partial charge in [-0.25, -0.2) is 4.98 Å². The normalized spacial score (nSPS) is 11.3. The molecule has 0 amide bonds. The molecule has 8 nitrogen and oxygen atoms in total. The number of nitrogens with one attached hydrogen (secondary N) is 1. The highest BCUT2D eigenvalue weighted by Crippen LogP contribution is 2.29. The number of hydrogen-bond acceptors (Lipinski definition) is 6. The third-order valence-corrected chi connectivity index (χ3v) is 5.30. The number of fused-ring (bicyclic) bond motifs is 1. The number of benzene rings is 1. The first kappa shape index (κ1) is 20.3. The summed E-state index contributed by atoms with van der Waals surface area (Å²) in [5, 5.41) is 14.0. The van der Waals surface area contributed by atoms with E-state index in [0.717, 1.165) is 5.69 Å². The average molecular weight is 524 g/mol. The van der Waals surface area contributed by atoms with Crippen LogP contribution >= 0.6 is 45.8 Å². The molecule has 144 valence electrons. The molecule has 3 aromatic rings. The van der Waals surface area contributed by atoms with Crippen LogP contribution in [-0.2, 0) is 11.3 Å². The first-order chi connectivity index (χ1) is 12.9. The van der Waals surface area contributed by atoms with Crippen molar-refractivity contribution in [3.05, 3.63) is 42.3 Å². The molecule has 2 aromatic heterocycles. The number of halogens is 3. The van der Waals surface area contributed by atoms with Crippen molar-refractivity contribution >= 4 is 68.5 Å². The number of hydrogen-bond donors (Lipinski definition) is 2. The minimum absolute atomic E-state index is 0.0516. The van der Waals surface area contributed by atoms with Crippen LogP contribution in [0.15, 0.2) is 23.0 Å². The predicted molar refractivity (Wildman–Crippen MR) is 113 cm³/mol. The molecule has 0 aliphatic rings. The van der Waals surface area contributed by atoms with Gasteiger partial charge in [-0.2, -0.15) is 5.10 Å². The fourth-order valence-corrected chi connectivity index (χ4v) is 3.42. The number of ether oxygens (including phenoxy) is 1. The van der Waals surface area contributed by atoms with E-state index in [0.29, 0.717) is 43.9 Å². The molecular weight excluding hydrogens is 508 g/mol. The first-order valence-electron chi connectivity index (χ1n) is 7.96. The van der Waals surface area contributed by atoms with Crippen molar-refractivity contribution in [3.63, 3.8) is 0 Å². The van der Waals surface area contributed by atoms with E-state index in [9.17, 15) is 4.79 Å². The van der Waals surface area contributed by atoms with E-state index in [1.807, 2.05) is 22.6 Å². The van der Waals surface area contributed by atoms with Gasteiger partial charge in [0.1, 0.15) is 9.22 Å². The fourth-order valence-electron chi connectivity index (χ4n) is 2.50. The van der Waals surface area contributed by atoms with Gasteiger partial charge in [-0.1, -0.05) is 23.2 Å². The number of aliphatic hydroxyl groups is 1. The number of aromatic nitrogens is 4. The van der Waals surface area contributed by atoms with Gasteiger partial charge in [0.2, 0.25) is 5.95 Å². The van der Waals surface area contributed by atoms with Crippen LogP contribution in [0.4, 0.5) is 11.6 Å². The fraction of sp³-hybridized carbons (Fsp3) is 0.312. The third kappa shape index (κ3) is 4.37. The van der Waals surface area contributed by atoms with E-state index in [-0.39, 0.29) is 18.8 Å². The highest BCUT2D eigenvalue weighted by molar-refractivity contribution is 14.1. The zero-order valence-corrected chi connectivity index (χ0v) is 17.9. The maximum Gasteiger partial charge on any atom is 0.278 e. The van der Waals surface area contributed by atoms with Crippen LogP contribution in [0.2, 0.25) is 10.0 Å². The molecule has 0 bridgehead atoms. The highest BCUT2D eigenvalue weighted by Gasteiger charge is 2.17. The lowest BCUT2D eigenvalue weighted by Gasteiger charge is -2.18. The SMILES string of the molecule is CN(c1ccc(Cl)c(Cl)c1)c1nc2c(I)nn(CCOCCO)c2c(=O)[nH]1. The Morgan fingerprint density at radius 2 is 2.11 bits per heavy atom. The van der Waals surface area contributed by atoms with Crippen molar-refractivity contribution in [2.75, 3.05) is 31.8 Å². The van der Waals surface area contributed by atoms with Gasteiger partial charge < -0.3 is 14.7 Å². The summed E-state index contributed by atoms with van der Waals surface area (Å²) >= 11 is 14.1. The molecule has 27 heavy (non-hydrogen) atoms. The second-order valence-corrected chi connectivity index (χ2v) is 7.43. The molecule has 0 radical (unpaired) electrons. The van der Waals surface area contributed by atoms with E-state index in [1.54, 1.807) is 34.8 Å². The molecule has 0 aliphatic carbocycles. The maximum absolute atomic E-state index is 12.7. The molecule has 11 heteroatoms. The number of aromatic amines is 1. The Bertz CT molecular complexity index is 1020. The second kappa shape index (κ2) is 8.74. The van der Waals surface area contributed by atoms with Crippen molar-refractivity contribution in [1.29, 1.82) is 0 Å². The Morgan fingerprint density at radius 1 is 1.33 bits per heavy atom. The monoisotopic (exact) mass is 523 g/mol. The number of anilines is 2. The minimum Gasteiger partial charge on any atom is -0.394 e. The largest absolute Gasteiger partial charge is 0.394 e. The van der Waals surface area contributed by atoms with Gasteiger partial charge in [0.05, 0.1) is 36.4 Å². The van der Waals surface area contributed by atoms with Gasteiger partial charge in [0.15, 0.2) is 5.52 Å². The smallest absolute Gasteiger partial charge is 0.278 e. The van der Waals surface area contributed by atoms with E-state index >= 15 is 0 Å². The summed E-state index contributed by atoms with van der Waals surface area (Å²) < 4.78 is 7.42. The van der Waals surface area contributed by atoms with E-state index in [4.69, 9.17) is 33.0 Å². The Hall–Kier alpha value is -1.40. The summed E-state index contributed by atoms with van der Waals surface area (Å²) in [7, 11) is 1.77. The summed E-state index contributed by atoms with van der Waals surface area (Å²) in [4.78, 5) is 21.7. The van der Waals surface area contributed by atoms with Gasteiger partial charge in [0.25, 0.3) is 5.56 Å². The Kier molecular flexibility index (Phi) is 6.58. The molecule has 0 saturated carbocycles. The zero-order valence-electron chi connectivity index (χ0n) is 14.2. The van der Waals surface area contributed by atoms with Crippen LogP contribution in [-0.4, -0.2) is 51.7 Å². The Labute approximate surface area is 178 Å². The molecule has 0 fully saturated rings. The minimum atomic E-state index is -0.306. The summed E-state index contributed by atoms with van der Waals surface area (Å²) in [6, 6.07) is 5.16. The molecule has 3 rings (SSSR count). The molecule has 0 unspecified atom stereocenters. The van der Waals surface area contributed by atoms with Gasteiger partial charge in [0, 0.05) is 12.7 Å². The molecule has 0 spiro atoms. The van der Waals surface area contributed by atoms with Crippen LogP contribution in [0.5, 0.6) is 0 Å².